The molecule has 0 aliphatic rings. The van der Waals surface area contributed by atoms with Crippen LogP contribution in [0.3, 0.4) is 0 Å². The molecule has 0 amide bonds. The van der Waals surface area contributed by atoms with Crippen LogP contribution in [-0.4, -0.2) is 15.5 Å². The van der Waals surface area contributed by atoms with Crippen molar-refractivity contribution in [3.05, 3.63) is 54.6 Å². The van der Waals surface area contributed by atoms with Crippen LogP contribution in [-0.2, 0) is 10.0 Å². The molecule has 0 spiro atoms. The number of rotatable bonds is 2. The van der Waals surface area contributed by atoms with E-state index in [1.807, 2.05) is 30.3 Å². The van der Waals surface area contributed by atoms with E-state index in [4.69, 9.17) is 0 Å². The Morgan fingerprint density at radius 2 is 1.33 bits per heavy atom. The average molecular weight is 295 g/mol. The van der Waals surface area contributed by atoms with Crippen molar-refractivity contribution in [3.8, 4) is 0 Å². The summed E-state index contributed by atoms with van der Waals surface area (Å²) in [6, 6.07) is 17.7. The molecule has 0 saturated heterocycles. The van der Waals surface area contributed by atoms with Gasteiger partial charge in [-0.15, -0.1) is 0 Å². The molecule has 0 heterocycles. The van der Waals surface area contributed by atoms with E-state index in [0.717, 1.165) is 32.3 Å². The normalized spacial score (nSPS) is 12.6. The lowest BCUT2D eigenvalue weighted by Gasteiger charge is -2.13. The summed E-state index contributed by atoms with van der Waals surface area (Å²) in [4.78, 5) is 0.329. The van der Waals surface area contributed by atoms with Crippen molar-refractivity contribution in [1.29, 1.82) is 0 Å². The Bertz CT molecular complexity index is 1070. The molecule has 0 aromatic heterocycles. The van der Waals surface area contributed by atoms with E-state index < -0.39 is 10.0 Å². The lowest BCUT2D eigenvalue weighted by atomic mass is 9.94. The summed E-state index contributed by atoms with van der Waals surface area (Å²) in [7, 11) is -2.04. The third-order valence-corrected chi connectivity index (χ3v) is 5.52. The number of nitrogens with one attached hydrogen (secondary N) is 1. The molecule has 0 aliphatic carbocycles. The average Bonchev–Trinajstić information content (AvgIpc) is 2.52. The molecule has 0 atom stereocenters. The summed E-state index contributed by atoms with van der Waals surface area (Å²) < 4.78 is 26.9. The molecule has 0 aliphatic heterocycles. The monoisotopic (exact) mass is 295 g/mol. The second-order valence-corrected chi connectivity index (χ2v) is 6.98. The first-order chi connectivity index (χ1) is 10.1. The van der Waals surface area contributed by atoms with E-state index in [2.05, 4.69) is 22.9 Å². The molecular weight excluding hydrogens is 282 g/mol. The van der Waals surface area contributed by atoms with Crippen LogP contribution in [0.4, 0.5) is 0 Å². The fourth-order valence-electron chi connectivity index (χ4n) is 3.05. The zero-order valence-corrected chi connectivity index (χ0v) is 12.2. The maximum Gasteiger partial charge on any atom is 0.240 e. The molecule has 4 rings (SSSR count). The smallest absolute Gasteiger partial charge is 0.214 e. The van der Waals surface area contributed by atoms with Crippen LogP contribution in [0.2, 0.25) is 0 Å². The van der Waals surface area contributed by atoms with Gasteiger partial charge in [0.25, 0.3) is 0 Å². The zero-order valence-electron chi connectivity index (χ0n) is 11.4. The van der Waals surface area contributed by atoms with Crippen LogP contribution in [0.1, 0.15) is 0 Å². The van der Waals surface area contributed by atoms with Crippen LogP contribution in [0.15, 0.2) is 59.5 Å². The summed E-state index contributed by atoms with van der Waals surface area (Å²) >= 11 is 0. The Morgan fingerprint density at radius 3 is 2.00 bits per heavy atom. The maximum absolute atomic E-state index is 12.2. The van der Waals surface area contributed by atoms with Gasteiger partial charge in [0.15, 0.2) is 0 Å². The molecule has 0 bridgehead atoms. The number of hydrogen-bond acceptors (Lipinski definition) is 2. The highest BCUT2D eigenvalue weighted by Gasteiger charge is 2.18. The molecule has 3 nitrogen and oxygen atoms in total. The summed E-state index contributed by atoms with van der Waals surface area (Å²) in [6.45, 7) is 0. The van der Waals surface area contributed by atoms with E-state index in [0.29, 0.717) is 4.90 Å². The van der Waals surface area contributed by atoms with E-state index >= 15 is 0 Å². The first-order valence-electron chi connectivity index (χ1n) is 6.72. The largest absolute Gasteiger partial charge is 0.240 e. The first-order valence-corrected chi connectivity index (χ1v) is 8.20. The van der Waals surface area contributed by atoms with Crippen molar-refractivity contribution in [3.63, 3.8) is 0 Å². The maximum atomic E-state index is 12.2. The van der Waals surface area contributed by atoms with Crippen LogP contribution in [0, 0.1) is 0 Å². The van der Waals surface area contributed by atoms with Crippen molar-refractivity contribution in [1.82, 2.24) is 4.72 Å². The van der Waals surface area contributed by atoms with Crippen LogP contribution < -0.4 is 4.72 Å². The highest BCUT2D eigenvalue weighted by Crippen LogP contribution is 2.36. The van der Waals surface area contributed by atoms with Gasteiger partial charge in [0.2, 0.25) is 10.0 Å². The third-order valence-electron chi connectivity index (χ3n) is 4.05. The Balaban J connectivity index is 2.32. The number of benzene rings is 4. The Kier molecular flexibility index (Phi) is 2.49. The molecule has 0 fully saturated rings. The van der Waals surface area contributed by atoms with Gasteiger partial charge < -0.3 is 0 Å². The van der Waals surface area contributed by atoms with Crippen LogP contribution in [0.5, 0.6) is 0 Å². The predicted molar refractivity (Wildman–Crippen MR) is 86.4 cm³/mol. The van der Waals surface area contributed by atoms with Gasteiger partial charge >= 0.3 is 0 Å². The van der Waals surface area contributed by atoms with Crippen molar-refractivity contribution < 1.29 is 8.42 Å². The van der Waals surface area contributed by atoms with Gasteiger partial charge in [-0.2, -0.15) is 0 Å². The lowest BCUT2D eigenvalue weighted by molar-refractivity contribution is 0.589. The minimum Gasteiger partial charge on any atom is -0.214 e. The Hall–Kier alpha value is -2.17. The van der Waals surface area contributed by atoms with E-state index in [1.165, 1.54) is 7.05 Å². The highest BCUT2D eigenvalue weighted by atomic mass is 32.2. The second-order valence-electron chi connectivity index (χ2n) is 5.13. The number of sulfonamides is 1. The highest BCUT2D eigenvalue weighted by molar-refractivity contribution is 7.89. The standard InChI is InChI=1S/C17H13NO2S/c1-18-21(19,20)15-10-8-13-6-5-11-3-2-4-12-7-9-14(15)17(13)16(11)12/h2-10,18H,1H3. The predicted octanol–water partition coefficient (Wildman–Crippen LogP) is 3.49. The van der Waals surface area contributed by atoms with E-state index in [9.17, 15) is 8.42 Å². The van der Waals surface area contributed by atoms with Crippen LogP contribution >= 0.6 is 0 Å². The van der Waals surface area contributed by atoms with Gasteiger partial charge in [0.1, 0.15) is 0 Å². The fourth-order valence-corrected chi connectivity index (χ4v) is 3.98. The Morgan fingerprint density at radius 1 is 0.762 bits per heavy atom. The molecule has 0 unspecified atom stereocenters. The van der Waals surface area contributed by atoms with Crippen molar-refractivity contribution in [2.24, 2.45) is 0 Å². The SMILES string of the molecule is CNS(=O)(=O)c1ccc2ccc3cccc4ccc1c2c34. The molecule has 4 heteroatoms. The van der Waals surface area contributed by atoms with Crippen molar-refractivity contribution in [2.75, 3.05) is 7.05 Å². The molecule has 0 saturated carbocycles. The molecule has 104 valence electrons. The first kappa shape index (κ1) is 12.6. The molecular formula is C17H13NO2S. The number of hydrogen-bond donors (Lipinski definition) is 1. The molecule has 0 radical (unpaired) electrons. The quantitative estimate of drug-likeness (QED) is 0.575. The topological polar surface area (TPSA) is 46.2 Å². The third kappa shape index (κ3) is 1.66. The van der Waals surface area contributed by atoms with Crippen molar-refractivity contribution >= 4 is 42.3 Å². The fraction of sp³-hybridized carbons (Fsp3) is 0.0588. The zero-order chi connectivity index (χ0) is 14.6. The molecule has 4 aromatic carbocycles. The van der Waals surface area contributed by atoms with Gasteiger partial charge in [0, 0.05) is 5.39 Å². The van der Waals surface area contributed by atoms with Crippen LogP contribution in [0.25, 0.3) is 32.3 Å². The minimum atomic E-state index is -3.47. The molecule has 1 N–H and O–H groups in total. The second kappa shape index (κ2) is 4.16. The van der Waals surface area contributed by atoms with Gasteiger partial charge in [-0.3, -0.25) is 0 Å². The van der Waals surface area contributed by atoms with Gasteiger partial charge in [-0.1, -0.05) is 48.5 Å². The van der Waals surface area contributed by atoms with Gasteiger partial charge in [0.05, 0.1) is 4.90 Å². The minimum absolute atomic E-state index is 0.329. The summed E-state index contributed by atoms with van der Waals surface area (Å²) in [5.41, 5.74) is 0. The summed E-state index contributed by atoms with van der Waals surface area (Å²) in [6.07, 6.45) is 0. The molecule has 21 heavy (non-hydrogen) atoms. The van der Waals surface area contributed by atoms with E-state index in [-0.39, 0.29) is 0 Å². The summed E-state index contributed by atoms with van der Waals surface area (Å²) in [5.74, 6) is 0. The Labute approximate surface area is 122 Å². The van der Waals surface area contributed by atoms with Crippen molar-refractivity contribution in [2.45, 2.75) is 4.90 Å². The molecule has 4 aromatic rings. The summed E-state index contributed by atoms with van der Waals surface area (Å²) in [5, 5.41) is 6.23. The van der Waals surface area contributed by atoms with Gasteiger partial charge in [-0.25, -0.2) is 13.1 Å². The lowest BCUT2D eigenvalue weighted by Crippen LogP contribution is -2.18. The van der Waals surface area contributed by atoms with Gasteiger partial charge in [-0.05, 0) is 40.0 Å². The van der Waals surface area contributed by atoms with E-state index in [1.54, 1.807) is 6.07 Å².